The van der Waals surface area contributed by atoms with Crippen LogP contribution in [0, 0.1) is 35.0 Å². The third kappa shape index (κ3) is 2.74. The normalized spacial score (nSPS) is 42.0. The molecule has 0 aromatic carbocycles. The molecule has 3 fully saturated rings. The van der Waals surface area contributed by atoms with Crippen LogP contribution in [-0.4, -0.2) is 17.0 Å². The monoisotopic (exact) mass is 356 g/mol. The van der Waals surface area contributed by atoms with Gasteiger partial charge < -0.3 is 9.84 Å². The summed E-state index contributed by atoms with van der Waals surface area (Å²) in [5.41, 5.74) is 2.76. The second kappa shape index (κ2) is 6.40. The Bertz CT molecular complexity index is 703. The van der Waals surface area contributed by atoms with E-state index in [4.69, 9.17) is 5.11 Å². The summed E-state index contributed by atoms with van der Waals surface area (Å²) in [5, 5.41) is 8.71. The first kappa shape index (κ1) is 17.6. The summed E-state index contributed by atoms with van der Waals surface area (Å²) in [6.45, 7) is 6.68. The minimum Gasteiger partial charge on any atom is -0.449 e. The van der Waals surface area contributed by atoms with Gasteiger partial charge in [0, 0.05) is 12.3 Å². The van der Waals surface area contributed by atoms with Crippen LogP contribution in [-0.2, 0) is 9.53 Å². The van der Waals surface area contributed by atoms with Crippen LogP contribution in [0.15, 0.2) is 36.1 Å². The van der Waals surface area contributed by atoms with Gasteiger partial charge in [-0.05, 0) is 79.8 Å². The summed E-state index contributed by atoms with van der Waals surface area (Å²) in [5.74, 6) is 3.11. The highest BCUT2D eigenvalue weighted by molar-refractivity contribution is 5.91. The van der Waals surface area contributed by atoms with Crippen LogP contribution in [0.5, 0.6) is 0 Å². The van der Waals surface area contributed by atoms with E-state index in [-0.39, 0.29) is 11.3 Å². The van der Waals surface area contributed by atoms with Gasteiger partial charge in [-0.3, -0.25) is 4.79 Å². The Morgan fingerprint density at radius 2 is 2.12 bits per heavy atom. The van der Waals surface area contributed by atoms with Crippen molar-refractivity contribution in [3.8, 4) is 0 Å². The Balaban J connectivity index is 1.57. The molecule has 1 N–H and O–H groups in total. The van der Waals surface area contributed by atoms with Gasteiger partial charge in [-0.1, -0.05) is 24.6 Å². The fourth-order valence-electron chi connectivity index (χ4n) is 6.71. The van der Waals surface area contributed by atoms with Crippen molar-refractivity contribution in [3.05, 3.63) is 36.1 Å². The van der Waals surface area contributed by atoms with Crippen LogP contribution in [0.2, 0.25) is 0 Å². The fraction of sp³-hybridized carbons (Fsp3) is 0.636. The van der Waals surface area contributed by atoms with Crippen LogP contribution < -0.4 is 0 Å². The van der Waals surface area contributed by atoms with E-state index in [1.54, 1.807) is 0 Å². The van der Waals surface area contributed by atoms with Crippen LogP contribution in [0.3, 0.4) is 0 Å². The standard InChI is InChI=1S/C22H28O4/c1-13-11-20-18-5-3-14-12-15(23)4-6-16(14)17(18)7-9-22(20,2)19(13)8-10-26-21(24)25/h8,10,12,16-20H,1,3-7,9,11H2,2H3,(H,24,25)/b10-8-/t16-,17+,18+,19+,20-,22+/m0/s1. The zero-order valence-electron chi connectivity index (χ0n) is 15.4. The lowest BCUT2D eigenvalue weighted by Gasteiger charge is -2.53. The third-order valence-corrected chi connectivity index (χ3v) is 7.81. The molecule has 140 valence electrons. The lowest BCUT2D eigenvalue weighted by molar-refractivity contribution is -0.116. The summed E-state index contributed by atoms with van der Waals surface area (Å²) in [4.78, 5) is 22.4. The molecule has 4 nitrogen and oxygen atoms in total. The lowest BCUT2D eigenvalue weighted by atomic mass is 9.51. The summed E-state index contributed by atoms with van der Waals surface area (Å²) >= 11 is 0. The van der Waals surface area contributed by atoms with Gasteiger partial charge in [0.25, 0.3) is 0 Å². The molecule has 0 heterocycles. The topological polar surface area (TPSA) is 63.6 Å². The molecule has 0 unspecified atom stereocenters. The Morgan fingerprint density at radius 3 is 2.88 bits per heavy atom. The van der Waals surface area contributed by atoms with Gasteiger partial charge in [-0.2, -0.15) is 0 Å². The van der Waals surface area contributed by atoms with Crippen LogP contribution >= 0.6 is 0 Å². The number of rotatable bonds is 2. The summed E-state index contributed by atoms with van der Waals surface area (Å²) in [7, 11) is 0. The second-order valence-corrected chi connectivity index (χ2v) is 8.90. The van der Waals surface area contributed by atoms with Crippen LogP contribution in [0.25, 0.3) is 0 Å². The number of carbonyl (C=O) groups is 2. The van der Waals surface area contributed by atoms with E-state index in [1.807, 2.05) is 12.2 Å². The van der Waals surface area contributed by atoms with E-state index in [0.29, 0.717) is 35.9 Å². The van der Waals surface area contributed by atoms with E-state index >= 15 is 0 Å². The number of ether oxygens (including phenoxy) is 1. The first-order valence-electron chi connectivity index (χ1n) is 9.87. The van der Waals surface area contributed by atoms with E-state index in [1.165, 1.54) is 30.2 Å². The Hall–Kier alpha value is -1.84. The number of carbonyl (C=O) groups excluding carboxylic acids is 1. The maximum absolute atomic E-state index is 11.8. The lowest BCUT2D eigenvalue weighted by Crippen LogP contribution is -2.46. The van der Waals surface area contributed by atoms with Gasteiger partial charge in [0.15, 0.2) is 5.78 Å². The predicted molar refractivity (Wildman–Crippen MR) is 98.4 cm³/mol. The highest BCUT2D eigenvalue weighted by Gasteiger charge is 2.56. The van der Waals surface area contributed by atoms with Crippen molar-refractivity contribution >= 4 is 11.9 Å². The molecule has 4 heteroatoms. The van der Waals surface area contributed by atoms with Gasteiger partial charge in [0.1, 0.15) is 0 Å². The van der Waals surface area contributed by atoms with E-state index in [2.05, 4.69) is 18.2 Å². The maximum atomic E-state index is 11.8. The van der Waals surface area contributed by atoms with Crippen molar-refractivity contribution < 1.29 is 19.4 Å². The van der Waals surface area contributed by atoms with Crippen molar-refractivity contribution in [2.24, 2.45) is 35.0 Å². The maximum Gasteiger partial charge on any atom is 0.510 e. The molecule has 0 bridgehead atoms. The zero-order chi connectivity index (χ0) is 18.5. The average molecular weight is 356 g/mol. The van der Waals surface area contributed by atoms with Crippen molar-refractivity contribution in [1.82, 2.24) is 0 Å². The van der Waals surface area contributed by atoms with Gasteiger partial charge in [-0.25, -0.2) is 4.79 Å². The van der Waals surface area contributed by atoms with Gasteiger partial charge in [0.05, 0.1) is 6.26 Å². The van der Waals surface area contributed by atoms with Crippen molar-refractivity contribution in [2.45, 2.75) is 51.9 Å². The van der Waals surface area contributed by atoms with Crippen molar-refractivity contribution in [3.63, 3.8) is 0 Å². The quantitative estimate of drug-likeness (QED) is 0.424. The molecule has 0 aromatic heterocycles. The number of ketones is 1. The molecule has 3 saturated carbocycles. The molecule has 4 rings (SSSR count). The first-order valence-corrected chi connectivity index (χ1v) is 9.87. The Morgan fingerprint density at radius 1 is 1.31 bits per heavy atom. The van der Waals surface area contributed by atoms with Gasteiger partial charge >= 0.3 is 6.16 Å². The Labute approximate surface area is 155 Å². The average Bonchev–Trinajstić information content (AvgIpc) is 2.85. The Kier molecular flexibility index (Phi) is 4.32. The molecule has 26 heavy (non-hydrogen) atoms. The number of hydrogen-bond acceptors (Lipinski definition) is 3. The highest BCUT2D eigenvalue weighted by Crippen LogP contribution is 2.64. The van der Waals surface area contributed by atoms with E-state index in [0.717, 1.165) is 25.7 Å². The van der Waals surface area contributed by atoms with Crippen LogP contribution in [0.4, 0.5) is 4.79 Å². The molecular formula is C22H28O4. The molecule has 0 spiro atoms. The van der Waals surface area contributed by atoms with Crippen molar-refractivity contribution in [2.75, 3.05) is 0 Å². The summed E-state index contributed by atoms with van der Waals surface area (Å²) in [6.07, 6.45) is 11.3. The van der Waals surface area contributed by atoms with Crippen molar-refractivity contribution in [1.29, 1.82) is 0 Å². The largest absolute Gasteiger partial charge is 0.510 e. The molecule has 4 aliphatic carbocycles. The fourth-order valence-corrected chi connectivity index (χ4v) is 6.71. The second-order valence-electron chi connectivity index (χ2n) is 8.90. The minimum absolute atomic E-state index is 0.141. The molecule has 0 radical (unpaired) electrons. The molecule has 6 atom stereocenters. The molecular weight excluding hydrogens is 328 g/mol. The number of allylic oxidation sites excluding steroid dienone is 3. The predicted octanol–water partition coefficient (Wildman–Crippen LogP) is 5.12. The molecule has 0 aliphatic heterocycles. The number of carboxylic acid groups (broad SMARTS) is 1. The van der Waals surface area contributed by atoms with E-state index < -0.39 is 6.16 Å². The SMILES string of the molecule is C=C1C[C@H]2[C@@H]3CCC4=CC(=O)CC[C@@H]4[C@H]3CC[C@]2(C)[C@@H]1/C=C\OC(=O)O. The summed E-state index contributed by atoms with van der Waals surface area (Å²) < 4.78 is 4.62. The smallest absolute Gasteiger partial charge is 0.449 e. The molecule has 4 aliphatic rings. The van der Waals surface area contributed by atoms with E-state index in [9.17, 15) is 9.59 Å². The number of hydrogen-bond donors (Lipinski definition) is 1. The minimum atomic E-state index is -1.27. The highest BCUT2D eigenvalue weighted by atomic mass is 16.7. The van der Waals surface area contributed by atoms with Gasteiger partial charge in [-0.15, -0.1) is 0 Å². The molecule has 0 amide bonds. The first-order chi connectivity index (χ1) is 12.4. The zero-order valence-corrected chi connectivity index (χ0v) is 15.4. The molecule has 0 saturated heterocycles. The van der Waals surface area contributed by atoms with Gasteiger partial charge in [0.2, 0.25) is 0 Å². The molecule has 0 aromatic rings. The number of fused-ring (bicyclic) bond motifs is 5. The van der Waals surface area contributed by atoms with Crippen LogP contribution in [0.1, 0.15) is 51.9 Å². The summed E-state index contributed by atoms with van der Waals surface area (Å²) in [6, 6.07) is 0. The third-order valence-electron chi connectivity index (χ3n) is 7.81.